The number of carbonyl (C=O) groups excluding carboxylic acids is 2. The van der Waals surface area contributed by atoms with E-state index in [0.29, 0.717) is 23.4 Å². The van der Waals surface area contributed by atoms with Gasteiger partial charge in [0.1, 0.15) is 11.5 Å². The SMILES string of the molecule is CCN(CC)CCCN1C(=O)C(=O)/C(=C(/O)c2cccc(OC)c2)[C@H]1c1cccnc1. The van der Waals surface area contributed by atoms with Gasteiger partial charge in [0.25, 0.3) is 11.7 Å². The van der Waals surface area contributed by atoms with E-state index < -0.39 is 17.7 Å². The molecule has 2 heterocycles. The van der Waals surface area contributed by atoms with Crippen LogP contribution in [0.2, 0.25) is 0 Å². The Bertz CT molecular complexity index is 954. The van der Waals surface area contributed by atoms with Crippen molar-refractivity contribution in [2.24, 2.45) is 0 Å². The lowest BCUT2D eigenvalue weighted by atomic mass is 9.96. The van der Waals surface area contributed by atoms with Crippen molar-refractivity contribution < 1.29 is 19.4 Å². The summed E-state index contributed by atoms with van der Waals surface area (Å²) in [4.78, 5) is 33.9. The molecule has 3 rings (SSSR count). The van der Waals surface area contributed by atoms with Crippen molar-refractivity contribution in [1.82, 2.24) is 14.8 Å². The summed E-state index contributed by atoms with van der Waals surface area (Å²) in [6.45, 7) is 7.29. The Hall–Kier alpha value is -3.19. The van der Waals surface area contributed by atoms with Crippen LogP contribution in [0.25, 0.3) is 5.76 Å². The molecule has 0 bridgehead atoms. The van der Waals surface area contributed by atoms with E-state index in [2.05, 4.69) is 23.7 Å². The molecule has 0 aliphatic carbocycles. The number of amides is 1. The van der Waals surface area contributed by atoms with Gasteiger partial charge >= 0.3 is 0 Å². The standard InChI is InChI=1S/C24H29N3O4/c1-4-26(5-2)13-8-14-27-21(18-10-7-12-25-16-18)20(23(29)24(27)30)22(28)17-9-6-11-19(15-17)31-3/h6-7,9-12,15-16,21,28H,4-5,8,13-14H2,1-3H3/b22-20+/t21-/m1/s1. The fraction of sp³-hybridized carbons (Fsp3) is 0.375. The minimum absolute atomic E-state index is 0.0779. The number of ketones is 1. The molecule has 0 radical (unpaired) electrons. The Balaban J connectivity index is 2.01. The molecule has 2 aromatic rings. The van der Waals surface area contributed by atoms with Gasteiger partial charge in [-0.15, -0.1) is 0 Å². The second kappa shape index (κ2) is 10.2. The zero-order chi connectivity index (χ0) is 22.4. The van der Waals surface area contributed by atoms with Crippen molar-refractivity contribution in [2.75, 3.05) is 33.3 Å². The van der Waals surface area contributed by atoms with Crippen molar-refractivity contribution >= 4 is 17.4 Å². The molecule has 1 atom stereocenters. The number of hydrogen-bond donors (Lipinski definition) is 1. The summed E-state index contributed by atoms with van der Waals surface area (Å²) in [7, 11) is 1.53. The number of hydrogen-bond acceptors (Lipinski definition) is 6. The summed E-state index contributed by atoms with van der Waals surface area (Å²) < 4.78 is 5.23. The van der Waals surface area contributed by atoms with Gasteiger partial charge in [-0.2, -0.15) is 0 Å². The van der Waals surface area contributed by atoms with Crippen molar-refractivity contribution in [1.29, 1.82) is 0 Å². The number of nitrogens with zero attached hydrogens (tertiary/aromatic N) is 3. The van der Waals surface area contributed by atoms with Gasteiger partial charge in [-0.25, -0.2) is 0 Å². The van der Waals surface area contributed by atoms with Gasteiger partial charge in [-0.05, 0) is 49.8 Å². The molecule has 1 aliphatic rings. The maximum absolute atomic E-state index is 13.0. The van der Waals surface area contributed by atoms with Crippen LogP contribution < -0.4 is 4.74 Å². The lowest BCUT2D eigenvalue weighted by molar-refractivity contribution is -0.140. The van der Waals surface area contributed by atoms with E-state index >= 15 is 0 Å². The smallest absolute Gasteiger partial charge is 0.295 e. The number of Topliss-reactive ketones (excluding diaryl/α,β-unsaturated/α-hetero) is 1. The highest BCUT2D eigenvalue weighted by Crippen LogP contribution is 2.39. The Morgan fingerprint density at radius 1 is 1.19 bits per heavy atom. The van der Waals surface area contributed by atoms with Gasteiger partial charge in [-0.1, -0.05) is 32.0 Å². The topological polar surface area (TPSA) is 83.0 Å². The predicted octanol–water partition coefficient (Wildman–Crippen LogP) is 3.24. The van der Waals surface area contributed by atoms with E-state index in [-0.39, 0.29) is 11.3 Å². The summed E-state index contributed by atoms with van der Waals surface area (Å²) in [5.74, 6) is -0.942. The number of rotatable bonds is 9. The zero-order valence-electron chi connectivity index (χ0n) is 18.2. The highest BCUT2D eigenvalue weighted by atomic mass is 16.5. The molecule has 1 saturated heterocycles. The lowest BCUT2D eigenvalue weighted by Gasteiger charge is -2.26. The van der Waals surface area contributed by atoms with Gasteiger partial charge in [0.05, 0.1) is 18.7 Å². The fourth-order valence-corrected chi connectivity index (χ4v) is 3.93. The number of pyridine rings is 1. The first kappa shape index (κ1) is 22.5. The van der Waals surface area contributed by atoms with Crippen LogP contribution in [-0.4, -0.2) is 64.9 Å². The summed E-state index contributed by atoms with van der Waals surface area (Å²) in [6.07, 6.45) is 4.00. The average Bonchev–Trinajstić information content (AvgIpc) is 3.07. The van der Waals surface area contributed by atoms with Gasteiger partial charge < -0.3 is 19.6 Å². The molecule has 1 aliphatic heterocycles. The van der Waals surface area contributed by atoms with Crippen LogP contribution in [0.1, 0.15) is 37.4 Å². The average molecular weight is 424 g/mol. The maximum atomic E-state index is 13.0. The van der Waals surface area contributed by atoms with E-state index in [0.717, 1.165) is 26.1 Å². The predicted molar refractivity (Wildman–Crippen MR) is 119 cm³/mol. The van der Waals surface area contributed by atoms with Crippen LogP contribution in [0, 0.1) is 0 Å². The summed E-state index contributed by atoms with van der Waals surface area (Å²) in [6, 6.07) is 9.71. The van der Waals surface area contributed by atoms with Crippen LogP contribution in [0.5, 0.6) is 5.75 Å². The highest BCUT2D eigenvalue weighted by Gasteiger charge is 2.45. The van der Waals surface area contributed by atoms with Crippen molar-refractivity contribution in [3.05, 3.63) is 65.5 Å². The largest absolute Gasteiger partial charge is 0.507 e. The van der Waals surface area contributed by atoms with Crippen molar-refractivity contribution in [3.63, 3.8) is 0 Å². The van der Waals surface area contributed by atoms with Crippen LogP contribution in [0.4, 0.5) is 0 Å². The second-order valence-corrected chi connectivity index (χ2v) is 7.39. The van der Waals surface area contributed by atoms with Gasteiger partial charge in [0.2, 0.25) is 0 Å². The molecule has 1 fully saturated rings. The number of aliphatic hydroxyl groups excluding tert-OH is 1. The third-order valence-electron chi connectivity index (χ3n) is 5.65. The fourth-order valence-electron chi connectivity index (χ4n) is 3.93. The van der Waals surface area contributed by atoms with Crippen LogP contribution >= 0.6 is 0 Å². The number of methoxy groups -OCH3 is 1. The third-order valence-corrected chi connectivity index (χ3v) is 5.65. The molecule has 1 N–H and O–H groups in total. The Labute approximate surface area is 183 Å². The van der Waals surface area contributed by atoms with E-state index in [1.807, 2.05) is 6.07 Å². The van der Waals surface area contributed by atoms with Crippen molar-refractivity contribution in [2.45, 2.75) is 26.3 Å². The van der Waals surface area contributed by atoms with E-state index in [1.54, 1.807) is 47.6 Å². The van der Waals surface area contributed by atoms with Crippen LogP contribution in [0.3, 0.4) is 0 Å². The zero-order valence-corrected chi connectivity index (χ0v) is 18.2. The molecule has 7 heteroatoms. The molecule has 1 amide bonds. The van der Waals surface area contributed by atoms with E-state index in [1.165, 1.54) is 7.11 Å². The number of ether oxygens (including phenoxy) is 1. The number of aliphatic hydroxyl groups is 1. The molecule has 0 unspecified atom stereocenters. The van der Waals surface area contributed by atoms with Crippen LogP contribution in [0.15, 0.2) is 54.4 Å². The minimum atomic E-state index is -0.684. The second-order valence-electron chi connectivity index (χ2n) is 7.39. The number of carbonyl (C=O) groups is 2. The number of benzene rings is 1. The Morgan fingerprint density at radius 2 is 1.97 bits per heavy atom. The molecule has 0 spiro atoms. The first-order valence-corrected chi connectivity index (χ1v) is 10.6. The van der Waals surface area contributed by atoms with Gasteiger partial charge in [0, 0.05) is 24.5 Å². The number of likely N-dealkylation sites (tertiary alicyclic amines) is 1. The summed E-state index contributed by atoms with van der Waals surface area (Å²) in [5, 5.41) is 11.1. The summed E-state index contributed by atoms with van der Waals surface area (Å²) >= 11 is 0. The number of aromatic nitrogens is 1. The monoisotopic (exact) mass is 423 g/mol. The van der Waals surface area contributed by atoms with Gasteiger partial charge in [0.15, 0.2) is 0 Å². The van der Waals surface area contributed by atoms with Crippen molar-refractivity contribution in [3.8, 4) is 5.75 Å². The molecule has 7 nitrogen and oxygen atoms in total. The first-order chi connectivity index (χ1) is 15.0. The highest BCUT2D eigenvalue weighted by molar-refractivity contribution is 6.46. The third kappa shape index (κ3) is 4.77. The molecule has 164 valence electrons. The minimum Gasteiger partial charge on any atom is -0.507 e. The quantitative estimate of drug-likeness (QED) is 0.379. The van der Waals surface area contributed by atoms with E-state index in [4.69, 9.17) is 4.74 Å². The molecule has 1 aromatic carbocycles. The maximum Gasteiger partial charge on any atom is 0.295 e. The molecule has 1 aromatic heterocycles. The Morgan fingerprint density at radius 3 is 2.61 bits per heavy atom. The summed E-state index contributed by atoms with van der Waals surface area (Å²) in [5.41, 5.74) is 1.19. The van der Waals surface area contributed by atoms with E-state index in [9.17, 15) is 14.7 Å². The molecular weight excluding hydrogens is 394 g/mol. The molecule has 31 heavy (non-hydrogen) atoms. The molecular formula is C24H29N3O4. The lowest BCUT2D eigenvalue weighted by Crippen LogP contribution is -2.33. The molecule has 0 saturated carbocycles. The Kier molecular flexibility index (Phi) is 7.41. The normalized spacial score (nSPS) is 18.1. The van der Waals surface area contributed by atoms with Crippen LogP contribution in [-0.2, 0) is 9.59 Å². The first-order valence-electron chi connectivity index (χ1n) is 10.6. The van der Waals surface area contributed by atoms with Gasteiger partial charge in [-0.3, -0.25) is 14.6 Å².